The molecule has 2 atom stereocenters. The maximum atomic E-state index is 13.8. The molecule has 1 aromatic carbocycles. The van der Waals surface area contributed by atoms with Crippen LogP contribution in [0.4, 0.5) is 10.1 Å². The molecule has 1 saturated carbocycles. The number of aliphatic hydroxyl groups excluding tert-OH is 1. The van der Waals surface area contributed by atoms with E-state index in [0.29, 0.717) is 11.6 Å². The van der Waals surface area contributed by atoms with Crippen LogP contribution in [0.25, 0.3) is 0 Å². The van der Waals surface area contributed by atoms with E-state index < -0.39 is 0 Å². The van der Waals surface area contributed by atoms with Crippen LogP contribution in [-0.2, 0) is 0 Å². The number of nitrogens with one attached hydrogen (secondary N) is 1. The number of likely N-dealkylation sites (N-methyl/N-ethyl adjacent to an activating group) is 1. The third-order valence-corrected chi connectivity index (χ3v) is 4.84. The smallest absolute Gasteiger partial charge is 0.146 e. The summed E-state index contributed by atoms with van der Waals surface area (Å²) >= 11 is 0. The zero-order chi connectivity index (χ0) is 15.3. The summed E-state index contributed by atoms with van der Waals surface area (Å²) in [6.07, 6.45) is 4.30. The van der Waals surface area contributed by atoms with Crippen molar-refractivity contribution in [1.29, 1.82) is 0 Å². The van der Waals surface area contributed by atoms with Gasteiger partial charge in [-0.2, -0.15) is 0 Å². The molecule has 2 rings (SSSR count). The van der Waals surface area contributed by atoms with Crippen LogP contribution in [0.2, 0.25) is 0 Å². The van der Waals surface area contributed by atoms with Crippen molar-refractivity contribution in [2.45, 2.75) is 38.1 Å². The lowest BCUT2D eigenvalue weighted by molar-refractivity contribution is 0.122. The summed E-state index contributed by atoms with van der Waals surface area (Å²) in [5.41, 5.74) is 0.513. The van der Waals surface area contributed by atoms with Crippen molar-refractivity contribution >= 4 is 5.69 Å². The van der Waals surface area contributed by atoms with Gasteiger partial charge < -0.3 is 15.3 Å². The monoisotopic (exact) mass is 294 g/mol. The summed E-state index contributed by atoms with van der Waals surface area (Å²) in [6.45, 7) is 3.95. The van der Waals surface area contributed by atoms with E-state index in [-0.39, 0.29) is 18.0 Å². The average molecular weight is 294 g/mol. The molecule has 118 valence electrons. The Kier molecular flexibility index (Phi) is 5.59. The van der Waals surface area contributed by atoms with Crippen molar-refractivity contribution in [3.8, 4) is 0 Å². The Balaban J connectivity index is 1.97. The average Bonchev–Trinajstić information content (AvgIpc) is 2.89. The molecule has 0 spiro atoms. The van der Waals surface area contributed by atoms with E-state index in [2.05, 4.69) is 12.2 Å². The highest BCUT2D eigenvalue weighted by molar-refractivity contribution is 5.46. The SMILES string of the molecule is CCNC1(CO)CCCC1CCN(C)c1ccccc1F. The van der Waals surface area contributed by atoms with Crippen molar-refractivity contribution in [1.82, 2.24) is 5.32 Å². The zero-order valence-electron chi connectivity index (χ0n) is 13.1. The molecule has 0 radical (unpaired) electrons. The normalized spacial score (nSPS) is 25.2. The van der Waals surface area contributed by atoms with E-state index in [1.165, 1.54) is 6.07 Å². The maximum absolute atomic E-state index is 13.8. The second kappa shape index (κ2) is 7.23. The number of para-hydroxylation sites is 1. The Hall–Kier alpha value is -1.13. The summed E-state index contributed by atoms with van der Waals surface area (Å²) in [5.74, 6) is 0.281. The lowest BCUT2D eigenvalue weighted by Crippen LogP contribution is -2.51. The highest BCUT2D eigenvalue weighted by atomic mass is 19.1. The van der Waals surface area contributed by atoms with E-state index in [0.717, 1.165) is 38.8 Å². The fraction of sp³-hybridized carbons (Fsp3) is 0.647. The molecule has 2 N–H and O–H groups in total. The van der Waals surface area contributed by atoms with Crippen molar-refractivity contribution in [2.24, 2.45) is 5.92 Å². The minimum Gasteiger partial charge on any atom is -0.394 e. The predicted octanol–water partition coefficient (Wildman–Crippen LogP) is 2.79. The van der Waals surface area contributed by atoms with Crippen LogP contribution in [0.1, 0.15) is 32.6 Å². The predicted molar refractivity (Wildman–Crippen MR) is 85.1 cm³/mol. The Labute approximate surface area is 127 Å². The third-order valence-electron chi connectivity index (χ3n) is 4.84. The molecule has 1 aliphatic carbocycles. The number of halogens is 1. The molecule has 2 unspecified atom stereocenters. The van der Waals surface area contributed by atoms with E-state index in [9.17, 15) is 9.50 Å². The largest absolute Gasteiger partial charge is 0.394 e. The zero-order valence-corrected chi connectivity index (χ0v) is 13.1. The Morgan fingerprint density at radius 2 is 2.19 bits per heavy atom. The minimum atomic E-state index is -0.175. The van der Waals surface area contributed by atoms with Crippen molar-refractivity contribution in [3.05, 3.63) is 30.1 Å². The van der Waals surface area contributed by atoms with Gasteiger partial charge in [-0.15, -0.1) is 0 Å². The number of benzene rings is 1. The molecule has 1 fully saturated rings. The van der Waals surface area contributed by atoms with Crippen molar-refractivity contribution in [3.63, 3.8) is 0 Å². The standard InChI is InChI=1S/C17H27FN2O/c1-3-19-17(13-21)11-6-7-14(17)10-12-20(2)16-9-5-4-8-15(16)18/h4-5,8-9,14,19,21H,3,6-7,10-13H2,1-2H3. The van der Waals surface area contributed by atoms with E-state index in [4.69, 9.17) is 0 Å². The molecule has 1 aromatic rings. The van der Waals surface area contributed by atoms with Crippen LogP contribution in [0.5, 0.6) is 0 Å². The van der Waals surface area contributed by atoms with Gasteiger partial charge in [0, 0.05) is 19.1 Å². The van der Waals surface area contributed by atoms with Gasteiger partial charge in [-0.1, -0.05) is 25.5 Å². The van der Waals surface area contributed by atoms with E-state index in [1.54, 1.807) is 6.07 Å². The quantitative estimate of drug-likeness (QED) is 0.812. The molecule has 4 heteroatoms. The molecule has 1 aliphatic rings. The molecular weight excluding hydrogens is 267 g/mol. The minimum absolute atomic E-state index is 0.134. The van der Waals surface area contributed by atoms with Gasteiger partial charge in [0.25, 0.3) is 0 Å². The van der Waals surface area contributed by atoms with Gasteiger partial charge in [-0.3, -0.25) is 0 Å². The lowest BCUT2D eigenvalue weighted by Gasteiger charge is -2.36. The molecule has 0 heterocycles. The van der Waals surface area contributed by atoms with Crippen LogP contribution in [0, 0.1) is 11.7 Å². The second-order valence-electron chi connectivity index (χ2n) is 6.10. The van der Waals surface area contributed by atoms with Gasteiger partial charge in [0.2, 0.25) is 0 Å². The highest BCUT2D eigenvalue weighted by Gasteiger charge is 2.41. The van der Waals surface area contributed by atoms with Gasteiger partial charge in [0.15, 0.2) is 0 Å². The third kappa shape index (κ3) is 3.55. The molecule has 21 heavy (non-hydrogen) atoms. The summed E-state index contributed by atoms with van der Waals surface area (Å²) in [4.78, 5) is 1.97. The van der Waals surface area contributed by atoms with Gasteiger partial charge in [0.1, 0.15) is 5.82 Å². The molecule has 0 aromatic heterocycles. The Bertz CT molecular complexity index is 454. The number of nitrogens with zero attached hydrogens (tertiary/aromatic N) is 1. The van der Waals surface area contributed by atoms with Crippen LogP contribution < -0.4 is 10.2 Å². The molecule has 0 aliphatic heterocycles. The first-order chi connectivity index (χ1) is 10.1. The highest BCUT2D eigenvalue weighted by Crippen LogP contribution is 2.38. The summed E-state index contributed by atoms with van der Waals surface area (Å²) in [6, 6.07) is 6.89. The van der Waals surface area contributed by atoms with Crippen LogP contribution >= 0.6 is 0 Å². The van der Waals surface area contributed by atoms with E-state index >= 15 is 0 Å². The molecule has 0 amide bonds. The summed E-state index contributed by atoms with van der Waals surface area (Å²) < 4.78 is 13.8. The molecule has 3 nitrogen and oxygen atoms in total. The van der Waals surface area contributed by atoms with Gasteiger partial charge in [-0.25, -0.2) is 4.39 Å². The fourth-order valence-corrected chi connectivity index (χ4v) is 3.65. The maximum Gasteiger partial charge on any atom is 0.146 e. The molecular formula is C17H27FN2O. The number of rotatable bonds is 7. The first-order valence-electron chi connectivity index (χ1n) is 7.94. The number of aliphatic hydroxyl groups is 1. The summed E-state index contributed by atoms with van der Waals surface area (Å²) in [5, 5.41) is 13.3. The Morgan fingerprint density at radius 3 is 2.86 bits per heavy atom. The number of anilines is 1. The van der Waals surface area contributed by atoms with Crippen molar-refractivity contribution < 1.29 is 9.50 Å². The molecule has 0 bridgehead atoms. The number of hydrogen-bond acceptors (Lipinski definition) is 3. The lowest BCUT2D eigenvalue weighted by atomic mass is 9.85. The Morgan fingerprint density at radius 1 is 1.43 bits per heavy atom. The first kappa shape index (κ1) is 16.2. The van der Waals surface area contributed by atoms with Crippen molar-refractivity contribution in [2.75, 3.05) is 31.6 Å². The van der Waals surface area contributed by atoms with Crippen LogP contribution in [0.15, 0.2) is 24.3 Å². The van der Waals surface area contributed by atoms with Gasteiger partial charge in [-0.05, 0) is 43.9 Å². The fourth-order valence-electron chi connectivity index (χ4n) is 3.65. The van der Waals surface area contributed by atoms with Crippen LogP contribution in [-0.4, -0.2) is 37.4 Å². The van der Waals surface area contributed by atoms with E-state index in [1.807, 2.05) is 24.1 Å². The van der Waals surface area contributed by atoms with Gasteiger partial charge in [0.05, 0.1) is 12.3 Å². The second-order valence-corrected chi connectivity index (χ2v) is 6.10. The van der Waals surface area contributed by atoms with Crippen LogP contribution in [0.3, 0.4) is 0 Å². The molecule has 0 saturated heterocycles. The first-order valence-corrected chi connectivity index (χ1v) is 7.94. The topological polar surface area (TPSA) is 35.5 Å². The number of hydrogen-bond donors (Lipinski definition) is 2. The summed E-state index contributed by atoms with van der Waals surface area (Å²) in [7, 11) is 1.93. The van der Waals surface area contributed by atoms with Gasteiger partial charge >= 0.3 is 0 Å².